The van der Waals surface area contributed by atoms with Gasteiger partial charge in [0.1, 0.15) is 11.6 Å². The van der Waals surface area contributed by atoms with Crippen molar-refractivity contribution in [3.8, 4) is 11.3 Å². The number of hydrogen-bond acceptors (Lipinski definition) is 2. The molecule has 0 aliphatic rings. The van der Waals surface area contributed by atoms with Crippen LogP contribution in [0, 0.1) is 5.82 Å². The number of aromatic nitrogens is 1. The monoisotopic (exact) mass is 313 g/mol. The Hall–Kier alpha value is -2.39. The number of hydrogen-bond donors (Lipinski definition) is 0. The Kier molecular flexibility index (Phi) is 3.82. The molecule has 1 aromatic heterocycles. The Labute approximate surface area is 132 Å². The Morgan fingerprint density at radius 2 is 2.05 bits per heavy atom. The van der Waals surface area contributed by atoms with E-state index in [0.29, 0.717) is 11.5 Å². The van der Waals surface area contributed by atoms with Crippen molar-refractivity contribution < 1.29 is 9.13 Å². The summed E-state index contributed by atoms with van der Waals surface area (Å²) in [6, 6.07) is 13.0. The Bertz CT molecular complexity index is 876. The third-order valence-corrected chi connectivity index (χ3v) is 3.80. The molecular formula is C18H13ClFNO. The molecule has 0 N–H and O–H groups in total. The summed E-state index contributed by atoms with van der Waals surface area (Å²) in [6.07, 6.45) is 1.16. The molecule has 110 valence electrons. The van der Waals surface area contributed by atoms with Crippen LogP contribution in [0.3, 0.4) is 0 Å². The zero-order valence-electron chi connectivity index (χ0n) is 11.9. The van der Waals surface area contributed by atoms with Gasteiger partial charge in [-0.3, -0.25) is 4.98 Å². The second-order valence-electron chi connectivity index (χ2n) is 4.85. The summed E-state index contributed by atoms with van der Waals surface area (Å²) < 4.78 is 18.4. The maximum absolute atomic E-state index is 13.2. The van der Waals surface area contributed by atoms with Crippen LogP contribution in [0.15, 0.2) is 55.2 Å². The van der Waals surface area contributed by atoms with E-state index in [-0.39, 0.29) is 5.02 Å². The van der Waals surface area contributed by atoms with E-state index in [4.69, 9.17) is 16.3 Å². The van der Waals surface area contributed by atoms with Gasteiger partial charge in [0.15, 0.2) is 0 Å². The molecule has 1 heterocycles. The molecule has 0 radical (unpaired) electrons. The SMILES string of the molecule is C=C(OC)c1ccc2cccc(-c3ncc(F)cc3Cl)c2c1. The molecule has 0 spiro atoms. The number of ether oxygens (including phenoxy) is 1. The van der Waals surface area contributed by atoms with E-state index >= 15 is 0 Å². The van der Waals surface area contributed by atoms with Crippen molar-refractivity contribution in [2.75, 3.05) is 7.11 Å². The molecule has 2 nitrogen and oxygen atoms in total. The van der Waals surface area contributed by atoms with Gasteiger partial charge in [-0.25, -0.2) is 4.39 Å². The van der Waals surface area contributed by atoms with Gasteiger partial charge in [0.05, 0.1) is 24.0 Å². The minimum Gasteiger partial charge on any atom is -0.497 e. The van der Waals surface area contributed by atoms with Crippen LogP contribution in [0.4, 0.5) is 4.39 Å². The average molecular weight is 314 g/mol. The standard InChI is InChI=1S/C18H13ClFNO/c1-11(22-2)13-7-6-12-4-3-5-15(16(12)8-13)18-17(19)9-14(20)10-21-18/h3-10H,1H2,2H3. The van der Waals surface area contributed by atoms with Gasteiger partial charge >= 0.3 is 0 Å². The molecule has 4 heteroatoms. The van der Waals surface area contributed by atoms with Gasteiger partial charge in [-0.05, 0) is 22.9 Å². The summed E-state index contributed by atoms with van der Waals surface area (Å²) in [4.78, 5) is 4.13. The quantitative estimate of drug-likeness (QED) is 0.611. The molecule has 22 heavy (non-hydrogen) atoms. The fourth-order valence-corrected chi connectivity index (χ4v) is 2.64. The van der Waals surface area contributed by atoms with Gasteiger partial charge < -0.3 is 4.74 Å². The average Bonchev–Trinajstić information content (AvgIpc) is 2.53. The van der Waals surface area contributed by atoms with Crippen molar-refractivity contribution in [2.45, 2.75) is 0 Å². The normalized spacial score (nSPS) is 10.7. The van der Waals surface area contributed by atoms with Gasteiger partial charge in [-0.15, -0.1) is 0 Å². The molecule has 0 bridgehead atoms. The molecule has 2 aromatic carbocycles. The lowest BCUT2D eigenvalue weighted by molar-refractivity contribution is 0.371. The van der Waals surface area contributed by atoms with Crippen molar-refractivity contribution in [3.63, 3.8) is 0 Å². The van der Waals surface area contributed by atoms with Crippen LogP contribution in [0.1, 0.15) is 5.56 Å². The smallest absolute Gasteiger partial charge is 0.143 e. The molecule has 0 aliphatic carbocycles. The van der Waals surface area contributed by atoms with E-state index in [1.165, 1.54) is 6.07 Å². The van der Waals surface area contributed by atoms with Crippen LogP contribution in [0.5, 0.6) is 0 Å². The second-order valence-corrected chi connectivity index (χ2v) is 5.26. The van der Waals surface area contributed by atoms with Crippen LogP contribution in [0.2, 0.25) is 5.02 Å². The van der Waals surface area contributed by atoms with E-state index < -0.39 is 5.82 Å². The molecule has 3 rings (SSSR count). The first-order chi connectivity index (χ1) is 10.6. The summed E-state index contributed by atoms with van der Waals surface area (Å²) in [5.41, 5.74) is 2.27. The predicted molar refractivity (Wildman–Crippen MR) is 88.2 cm³/mol. The minimum absolute atomic E-state index is 0.281. The summed E-state index contributed by atoms with van der Waals surface area (Å²) >= 11 is 6.15. The molecule has 3 aromatic rings. The van der Waals surface area contributed by atoms with Crippen molar-refractivity contribution in [1.82, 2.24) is 4.98 Å². The van der Waals surface area contributed by atoms with Crippen molar-refractivity contribution >= 4 is 28.1 Å². The van der Waals surface area contributed by atoms with E-state index in [2.05, 4.69) is 11.6 Å². The minimum atomic E-state index is -0.456. The summed E-state index contributed by atoms with van der Waals surface area (Å²) in [7, 11) is 1.58. The largest absolute Gasteiger partial charge is 0.497 e. The molecule has 0 saturated heterocycles. The topological polar surface area (TPSA) is 22.1 Å². The Balaban J connectivity index is 2.26. The van der Waals surface area contributed by atoms with E-state index in [9.17, 15) is 4.39 Å². The molecule has 0 unspecified atom stereocenters. The Morgan fingerprint density at radius 3 is 2.77 bits per heavy atom. The summed E-state index contributed by atoms with van der Waals surface area (Å²) in [5.74, 6) is 0.123. The second kappa shape index (κ2) is 5.78. The van der Waals surface area contributed by atoms with Gasteiger partial charge in [0.2, 0.25) is 0 Å². The number of nitrogens with zero attached hydrogens (tertiary/aromatic N) is 1. The number of halogens is 2. The predicted octanol–water partition coefficient (Wildman–Crippen LogP) is 5.31. The van der Waals surface area contributed by atoms with Crippen LogP contribution in [-0.4, -0.2) is 12.1 Å². The third-order valence-electron chi connectivity index (χ3n) is 3.51. The maximum Gasteiger partial charge on any atom is 0.143 e. The molecule has 0 amide bonds. The van der Waals surface area contributed by atoms with Gasteiger partial charge in [0.25, 0.3) is 0 Å². The highest BCUT2D eigenvalue weighted by Gasteiger charge is 2.11. The fourth-order valence-electron chi connectivity index (χ4n) is 2.38. The van der Waals surface area contributed by atoms with Gasteiger partial charge in [-0.1, -0.05) is 48.5 Å². The first-order valence-electron chi connectivity index (χ1n) is 6.67. The third kappa shape index (κ3) is 2.55. The van der Waals surface area contributed by atoms with Crippen molar-refractivity contribution in [1.29, 1.82) is 0 Å². The number of rotatable bonds is 3. The van der Waals surface area contributed by atoms with Crippen molar-refractivity contribution in [3.05, 3.63) is 71.6 Å². The van der Waals surface area contributed by atoms with E-state index in [1.54, 1.807) is 7.11 Å². The van der Waals surface area contributed by atoms with Gasteiger partial charge in [0, 0.05) is 11.1 Å². The summed E-state index contributed by atoms with van der Waals surface area (Å²) in [5, 5.41) is 2.27. The van der Waals surface area contributed by atoms with Crippen LogP contribution in [-0.2, 0) is 4.74 Å². The Morgan fingerprint density at radius 1 is 1.23 bits per heavy atom. The van der Waals surface area contributed by atoms with E-state index in [0.717, 1.165) is 28.1 Å². The maximum atomic E-state index is 13.2. The number of methoxy groups -OCH3 is 1. The zero-order valence-corrected chi connectivity index (χ0v) is 12.7. The van der Waals surface area contributed by atoms with Crippen molar-refractivity contribution in [2.24, 2.45) is 0 Å². The van der Waals surface area contributed by atoms with Gasteiger partial charge in [-0.2, -0.15) is 0 Å². The molecule has 0 atom stereocenters. The lowest BCUT2D eigenvalue weighted by Gasteiger charge is -2.10. The molecule has 0 fully saturated rings. The summed E-state index contributed by atoms with van der Waals surface area (Å²) in [6.45, 7) is 3.87. The van der Waals surface area contributed by atoms with Crippen LogP contribution < -0.4 is 0 Å². The van der Waals surface area contributed by atoms with Crippen LogP contribution in [0.25, 0.3) is 27.8 Å². The van der Waals surface area contributed by atoms with Crippen LogP contribution >= 0.6 is 11.6 Å². The highest BCUT2D eigenvalue weighted by Crippen LogP contribution is 2.33. The lowest BCUT2D eigenvalue weighted by atomic mass is 9.99. The number of pyridine rings is 1. The lowest BCUT2D eigenvalue weighted by Crippen LogP contribution is -1.90. The first kappa shape index (κ1) is 14.5. The number of benzene rings is 2. The fraction of sp³-hybridized carbons (Fsp3) is 0.0556. The zero-order chi connectivity index (χ0) is 15.7. The molecule has 0 aliphatic heterocycles. The van der Waals surface area contributed by atoms with E-state index in [1.807, 2.05) is 36.4 Å². The highest BCUT2D eigenvalue weighted by atomic mass is 35.5. The first-order valence-corrected chi connectivity index (χ1v) is 7.05. The number of fused-ring (bicyclic) bond motifs is 1. The molecular weight excluding hydrogens is 301 g/mol. The molecule has 0 saturated carbocycles. The highest BCUT2D eigenvalue weighted by molar-refractivity contribution is 6.33.